The summed E-state index contributed by atoms with van der Waals surface area (Å²) in [6.45, 7) is 4.89. The number of ether oxygens (including phenoxy) is 1. The Labute approximate surface area is 140 Å². The van der Waals surface area contributed by atoms with Crippen molar-refractivity contribution in [3.63, 3.8) is 0 Å². The number of nitrogens with zero attached hydrogens (tertiary/aromatic N) is 1. The van der Waals surface area contributed by atoms with Crippen molar-refractivity contribution in [1.29, 1.82) is 0 Å². The molecule has 24 heavy (non-hydrogen) atoms. The van der Waals surface area contributed by atoms with E-state index in [1.165, 1.54) is 6.08 Å². The first-order valence-corrected chi connectivity index (χ1v) is 8.31. The Kier molecular flexibility index (Phi) is 5.02. The van der Waals surface area contributed by atoms with Crippen LogP contribution in [0.25, 0.3) is 0 Å². The Balaban J connectivity index is 1.92. The van der Waals surface area contributed by atoms with Gasteiger partial charge in [0.2, 0.25) is 0 Å². The summed E-state index contributed by atoms with van der Waals surface area (Å²) in [6.07, 6.45) is 0.450. The fourth-order valence-corrected chi connectivity index (χ4v) is 3.87. The minimum Gasteiger partial charge on any atom is -0.379 e. The van der Waals surface area contributed by atoms with E-state index < -0.39 is 12.6 Å². The van der Waals surface area contributed by atoms with Gasteiger partial charge in [-0.2, -0.15) is 13.2 Å². The number of rotatable bonds is 3. The molecule has 6 heteroatoms. The number of methoxy groups -OCH3 is 1. The number of piperazine rings is 1. The van der Waals surface area contributed by atoms with E-state index in [-0.39, 0.29) is 17.7 Å². The van der Waals surface area contributed by atoms with Crippen LogP contribution in [0.2, 0.25) is 0 Å². The second-order valence-electron chi connectivity index (χ2n) is 6.66. The Morgan fingerprint density at radius 2 is 2.17 bits per heavy atom. The van der Waals surface area contributed by atoms with Crippen LogP contribution >= 0.6 is 0 Å². The summed E-state index contributed by atoms with van der Waals surface area (Å²) >= 11 is 0. The van der Waals surface area contributed by atoms with Crippen molar-refractivity contribution in [3.05, 3.63) is 40.7 Å². The molecule has 0 amide bonds. The lowest BCUT2D eigenvalue weighted by Gasteiger charge is -2.41. The molecule has 0 radical (unpaired) electrons. The van der Waals surface area contributed by atoms with Crippen molar-refractivity contribution in [2.75, 3.05) is 26.7 Å². The summed E-state index contributed by atoms with van der Waals surface area (Å²) in [6, 6.07) is 0.428. The van der Waals surface area contributed by atoms with E-state index in [0.29, 0.717) is 12.5 Å². The van der Waals surface area contributed by atoms with Crippen LogP contribution in [0.4, 0.5) is 13.2 Å². The van der Waals surface area contributed by atoms with Gasteiger partial charge in [-0.3, -0.25) is 4.90 Å². The van der Waals surface area contributed by atoms with Gasteiger partial charge in [0.15, 0.2) is 0 Å². The average molecular weight is 340 g/mol. The second-order valence-corrected chi connectivity index (χ2v) is 6.66. The summed E-state index contributed by atoms with van der Waals surface area (Å²) in [5.74, 6) is 0. The second kappa shape index (κ2) is 6.89. The summed E-state index contributed by atoms with van der Waals surface area (Å²) in [5, 5.41) is 3.37. The zero-order valence-electron chi connectivity index (χ0n) is 14.0. The molecule has 1 aliphatic heterocycles. The highest BCUT2D eigenvalue weighted by Crippen LogP contribution is 2.38. The molecule has 0 saturated carbocycles. The maximum Gasteiger partial charge on any atom is 0.393 e. The third-order valence-electron chi connectivity index (χ3n) is 4.95. The number of allylic oxidation sites excluding steroid dienone is 2. The smallest absolute Gasteiger partial charge is 0.379 e. The van der Waals surface area contributed by atoms with Gasteiger partial charge in [-0.1, -0.05) is 6.08 Å². The van der Waals surface area contributed by atoms with Gasteiger partial charge in [0.05, 0.1) is 18.6 Å². The molecule has 1 fully saturated rings. The van der Waals surface area contributed by atoms with Crippen LogP contribution in [0.1, 0.15) is 19.8 Å². The molecule has 3 rings (SSSR count). The largest absolute Gasteiger partial charge is 0.393 e. The van der Waals surface area contributed by atoms with Gasteiger partial charge in [0, 0.05) is 39.2 Å². The zero-order chi connectivity index (χ0) is 17.3. The average Bonchev–Trinajstić information content (AvgIpc) is 2.72. The topological polar surface area (TPSA) is 24.5 Å². The lowest BCUT2D eigenvalue weighted by Crippen LogP contribution is -2.56. The van der Waals surface area contributed by atoms with Crippen LogP contribution in [-0.2, 0) is 4.74 Å². The van der Waals surface area contributed by atoms with Crippen LogP contribution in [-0.4, -0.2) is 56.0 Å². The van der Waals surface area contributed by atoms with Gasteiger partial charge in [-0.05, 0) is 35.8 Å². The molecule has 0 spiro atoms. The first-order chi connectivity index (χ1) is 11.4. The van der Waals surface area contributed by atoms with E-state index in [1.54, 1.807) is 13.2 Å². The predicted molar refractivity (Wildman–Crippen MR) is 86.7 cm³/mol. The molecular weight excluding hydrogens is 317 g/mol. The molecule has 1 heterocycles. The molecular formula is C18H23F3N2O. The summed E-state index contributed by atoms with van der Waals surface area (Å²) in [7, 11) is 1.68. The van der Waals surface area contributed by atoms with Gasteiger partial charge in [-0.25, -0.2) is 0 Å². The fraction of sp³-hybridized carbons (Fsp3) is 0.611. The molecule has 3 nitrogen and oxygen atoms in total. The van der Waals surface area contributed by atoms with Crippen molar-refractivity contribution in [1.82, 2.24) is 10.2 Å². The number of hydrogen-bond acceptors (Lipinski definition) is 3. The highest BCUT2D eigenvalue weighted by Gasteiger charge is 2.40. The van der Waals surface area contributed by atoms with Gasteiger partial charge >= 0.3 is 6.18 Å². The molecule has 3 atom stereocenters. The highest BCUT2D eigenvalue weighted by atomic mass is 19.4. The van der Waals surface area contributed by atoms with E-state index in [2.05, 4.69) is 22.9 Å². The standard InChI is InChI=1S/C18H23F3N2O/c1-12-11-22-6-7-23(12)17-15-5-3-4-13(10-18(19,20)21)8-14(15)9-16(17)24-2/h4-5,8,12,16-17,22H,6-7,9-11H2,1-2H3/t12-,16?,17?/m0/s1. The molecule has 2 unspecified atom stereocenters. The van der Waals surface area contributed by atoms with Crippen LogP contribution in [0.5, 0.6) is 0 Å². The zero-order valence-corrected chi connectivity index (χ0v) is 14.0. The third-order valence-corrected chi connectivity index (χ3v) is 4.95. The van der Waals surface area contributed by atoms with Crippen LogP contribution in [0.15, 0.2) is 40.7 Å². The van der Waals surface area contributed by atoms with Crippen molar-refractivity contribution in [2.45, 2.75) is 44.1 Å². The molecule has 0 aromatic rings. The van der Waals surface area contributed by atoms with E-state index >= 15 is 0 Å². The molecule has 2 aliphatic carbocycles. The number of hydrogen-bond donors (Lipinski definition) is 1. The number of alkyl halides is 3. The summed E-state index contributed by atoms with van der Waals surface area (Å²) in [4.78, 5) is 2.40. The normalized spacial score (nSPS) is 31.2. The molecule has 132 valence electrons. The maximum absolute atomic E-state index is 12.7. The SMILES string of the molecule is COC1CC2=C(C=C=CC(CC(F)(F)F)=C2)C1N1CCNC[C@@H]1C. The van der Waals surface area contributed by atoms with E-state index in [0.717, 1.165) is 30.8 Å². The molecule has 1 N–H and O–H groups in total. The van der Waals surface area contributed by atoms with Gasteiger partial charge in [0.1, 0.15) is 0 Å². The molecule has 3 aliphatic rings. The van der Waals surface area contributed by atoms with E-state index in [1.807, 2.05) is 6.08 Å². The predicted octanol–water partition coefficient (Wildman–Crippen LogP) is 2.97. The van der Waals surface area contributed by atoms with Crippen LogP contribution in [0, 0.1) is 0 Å². The quantitative estimate of drug-likeness (QED) is 0.800. The molecule has 0 aromatic carbocycles. The van der Waals surface area contributed by atoms with E-state index in [9.17, 15) is 13.2 Å². The van der Waals surface area contributed by atoms with Crippen molar-refractivity contribution in [3.8, 4) is 0 Å². The summed E-state index contributed by atoms with van der Waals surface area (Å²) < 4.78 is 43.9. The molecule has 0 aromatic heterocycles. The summed E-state index contributed by atoms with van der Waals surface area (Å²) in [5.41, 5.74) is 5.19. The first kappa shape index (κ1) is 17.5. The fourth-order valence-electron chi connectivity index (χ4n) is 3.87. The Morgan fingerprint density at radius 3 is 2.83 bits per heavy atom. The first-order valence-electron chi connectivity index (χ1n) is 8.31. The molecule has 0 bridgehead atoms. The lowest BCUT2D eigenvalue weighted by molar-refractivity contribution is -0.126. The third kappa shape index (κ3) is 3.67. The number of nitrogens with one attached hydrogen (secondary N) is 1. The maximum atomic E-state index is 12.7. The number of halogens is 3. The van der Waals surface area contributed by atoms with Crippen LogP contribution in [0.3, 0.4) is 0 Å². The lowest BCUT2D eigenvalue weighted by atomic mass is 10.0. The van der Waals surface area contributed by atoms with Gasteiger partial charge < -0.3 is 10.1 Å². The van der Waals surface area contributed by atoms with Crippen molar-refractivity contribution >= 4 is 0 Å². The minimum absolute atomic E-state index is 0.0323. The Morgan fingerprint density at radius 1 is 1.38 bits per heavy atom. The monoisotopic (exact) mass is 340 g/mol. The molecule has 1 saturated heterocycles. The van der Waals surface area contributed by atoms with Gasteiger partial charge in [0.25, 0.3) is 0 Å². The van der Waals surface area contributed by atoms with Gasteiger partial charge in [-0.15, -0.1) is 5.73 Å². The highest BCUT2D eigenvalue weighted by molar-refractivity contribution is 5.48. The Bertz CT molecular complexity index is 614. The van der Waals surface area contributed by atoms with E-state index in [4.69, 9.17) is 4.74 Å². The van der Waals surface area contributed by atoms with Crippen molar-refractivity contribution in [2.24, 2.45) is 0 Å². The van der Waals surface area contributed by atoms with Crippen molar-refractivity contribution < 1.29 is 17.9 Å². The minimum atomic E-state index is -4.21. The Hall–Kier alpha value is -1.33. The van der Waals surface area contributed by atoms with Crippen LogP contribution < -0.4 is 5.32 Å².